The minimum atomic E-state index is 0.191. The molecule has 0 spiro atoms. The van der Waals surface area contributed by atoms with Crippen LogP contribution in [0.15, 0.2) is 30.3 Å². The van der Waals surface area contributed by atoms with E-state index in [2.05, 4.69) is 24.0 Å². The summed E-state index contributed by atoms with van der Waals surface area (Å²) in [6.45, 7) is 4.36. The van der Waals surface area contributed by atoms with Crippen LogP contribution < -0.4 is 0 Å². The predicted octanol–water partition coefficient (Wildman–Crippen LogP) is 1.91. The van der Waals surface area contributed by atoms with Crippen molar-refractivity contribution in [3.8, 4) is 0 Å². The summed E-state index contributed by atoms with van der Waals surface area (Å²) in [5.41, 5.74) is 1.23. The first-order chi connectivity index (χ1) is 10.1. The summed E-state index contributed by atoms with van der Waals surface area (Å²) in [4.78, 5) is 16.4. The average Bonchev–Trinajstić information content (AvgIpc) is 2.55. The number of aliphatic hydroxyl groups excluding tert-OH is 1. The monoisotopic (exact) mass is 290 g/mol. The summed E-state index contributed by atoms with van der Waals surface area (Å²) < 4.78 is 0. The van der Waals surface area contributed by atoms with Crippen LogP contribution in [0, 0.1) is 5.92 Å². The number of hydrogen-bond donors (Lipinski definition) is 1. The Morgan fingerprint density at radius 3 is 2.52 bits per heavy atom. The van der Waals surface area contributed by atoms with Gasteiger partial charge in [0.1, 0.15) is 0 Å². The molecule has 1 atom stereocenters. The maximum Gasteiger partial charge on any atom is 0.236 e. The SMILES string of the molecule is C[C@H](c1ccccc1)N(C)CC(=O)N1CCC(CO)CC1. The highest BCUT2D eigenvalue weighted by Gasteiger charge is 2.24. The van der Waals surface area contributed by atoms with Crippen molar-refractivity contribution in [1.29, 1.82) is 0 Å². The molecule has 0 radical (unpaired) electrons. The second-order valence-electron chi connectivity index (χ2n) is 6.01. The van der Waals surface area contributed by atoms with E-state index in [9.17, 15) is 4.79 Å². The molecule has 1 aliphatic rings. The van der Waals surface area contributed by atoms with Crippen molar-refractivity contribution in [1.82, 2.24) is 9.80 Å². The molecule has 0 saturated carbocycles. The van der Waals surface area contributed by atoms with Crippen LogP contribution in [-0.2, 0) is 4.79 Å². The first kappa shape index (κ1) is 16.0. The summed E-state index contributed by atoms with van der Waals surface area (Å²) in [6, 6.07) is 10.5. The second-order valence-corrected chi connectivity index (χ2v) is 6.01. The summed E-state index contributed by atoms with van der Waals surface area (Å²) in [5, 5.41) is 9.15. The van der Waals surface area contributed by atoms with Gasteiger partial charge in [-0.2, -0.15) is 0 Å². The van der Waals surface area contributed by atoms with Crippen LogP contribution in [0.4, 0.5) is 0 Å². The van der Waals surface area contributed by atoms with Crippen molar-refractivity contribution in [2.75, 3.05) is 33.3 Å². The van der Waals surface area contributed by atoms with Crippen molar-refractivity contribution in [3.63, 3.8) is 0 Å². The lowest BCUT2D eigenvalue weighted by atomic mass is 9.98. The van der Waals surface area contributed by atoms with Gasteiger partial charge < -0.3 is 10.0 Å². The van der Waals surface area contributed by atoms with E-state index in [1.807, 2.05) is 30.1 Å². The number of aliphatic hydroxyl groups is 1. The molecule has 1 fully saturated rings. The third-order valence-electron chi connectivity index (χ3n) is 4.55. The van der Waals surface area contributed by atoms with E-state index >= 15 is 0 Å². The van der Waals surface area contributed by atoms with Gasteiger partial charge in [-0.15, -0.1) is 0 Å². The Labute approximate surface area is 127 Å². The minimum absolute atomic E-state index is 0.191. The molecule has 1 aromatic rings. The number of carbonyl (C=O) groups excluding carboxylic acids is 1. The molecule has 21 heavy (non-hydrogen) atoms. The molecule has 1 heterocycles. The van der Waals surface area contributed by atoms with Crippen LogP contribution in [0.25, 0.3) is 0 Å². The quantitative estimate of drug-likeness (QED) is 0.901. The van der Waals surface area contributed by atoms with Gasteiger partial charge in [-0.25, -0.2) is 0 Å². The van der Waals surface area contributed by atoms with Gasteiger partial charge in [-0.3, -0.25) is 9.69 Å². The van der Waals surface area contributed by atoms with E-state index in [4.69, 9.17) is 5.11 Å². The Kier molecular flexibility index (Phi) is 5.76. The molecule has 0 bridgehead atoms. The average molecular weight is 290 g/mol. The molecule has 116 valence electrons. The molecule has 1 N–H and O–H groups in total. The number of likely N-dealkylation sites (N-methyl/N-ethyl adjacent to an activating group) is 1. The fraction of sp³-hybridized carbons (Fsp3) is 0.588. The highest BCUT2D eigenvalue weighted by molar-refractivity contribution is 5.78. The Morgan fingerprint density at radius 1 is 1.33 bits per heavy atom. The zero-order chi connectivity index (χ0) is 15.2. The normalized spacial score (nSPS) is 18.0. The summed E-state index contributed by atoms with van der Waals surface area (Å²) in [7, 11) is 2.00. The minimum Gasteiger partial charge on any atom is -0.396 e. The lowest BCUT2D eigenvalue weighted by Gasteiger charge is -2.33. The van der Waals surface area contributed by atoms with Gasteiger partial charge in [0.05, 0.1) is 6.54 Å². The Bertz CT molecular complexity index is 441. The van der Waals surface area contributed by atoms with Crippen molar-refractivity contribution in [2.24, 2.45) is 5.92 Å². The van der Waals surface area contributed by atoms with E-state index in [1.54, 1.807) is 0 Å². The van der Waals surface area contributed by atoms with Crippen LogP contribution in [-0.4, -0.2) is 54.1 Å². The zero-order valence-corrected chi connectivity index (χ0v) is 13.0. The van der Waals surface area contributed by atoms with Gasteiger partial charge in [0.2, 0.25) is 5.91 Å². The first-order valence-electron chi connectivity index (χ1n) is 7.75. The molecule has 0 unspecified atom stereocenters. The van der Waals surface area contributed by atoms with Gasteiger partial charge in [-0.1, -0.05) is 30.3 Å². The summed E-state index contributed by atoms with van der Waals surface area (Å²) in [6.07, 6.45) is 1.83. The van der Waals surface area contributed by atoms with Crippen LogP contribution in [0.3, 0.4) is 0 Å². The molecular formula is C17H26N2O2. The molecular weight excluding hydrogens is 264 g/mol. The molecule has 4 nitrogen and oxygen atoms in total. The van der Waals surface area contributed by atoms with Gasteiger partial charge in [0, 0.05) is 25.7 Å². The number of piperidine rings is 1. The number of likely N-dealkylation sites (tertiary alicyclic amines) is 1. The fourth-order valence-electron chi connectivity index (χ4n) is 2.80. The predicted molar refractivity (Wildman–Crippen MR) is 83.9 cm³/mol. The lowest BCUT2D eigenvalue weighted by Crippen LogP contribution is -2.44. The van der Waals surface area contributed by atoms with Crippen molar-refractivity contribution in [2.45, 2.75) is 25.8 Å². The Morgan fingerprint density at radius 2 is 1.95 bits per heavy atom. The van der Waals surface area contributed by atoms with Gasteiger partial charge in [0.25, 0.3) is 0 Å². The number of rotatable bonds is 5. The van der Waals surface area contributed by atoms with E-state index < -0.39 is 0 Å². The molecule has 0 aliphatic carbocycles. The molecule has 0 aromatic heterocycles. The third-order valence-corrected chi connectivity index (χ3v) is 4.55. The Balaban J connectivity index is 1.85. The fourth-order valence-corrected chi connectivity index (χ4v) is 2.80. The number of hydrogen-bond acceptors (Lipinski definition) is 3. The second kappa shape index (κ2) is 7.57. The topological polar surface area (TPSA) is 43.8 Å². The van der Waals surface area contributed by atoms with E-state index in [1.165, 1.54) is 5.56 Å². The van der Waals surface area contributed by atoms with Gasteiger partial charge in [-0.05, 0) is 38.3 Å². The smallest absolute Gasteiger partial charge is 0.236 e. The molecule has 1 aromatic carbocycles. The molecule has 1 aliphatic heterocycles. The van der Waals surface area contributed by atoms with Crippen LogP contribution in [0.2, 0.25) is 0 Å². The Hall–Kier alpha value is -1.39. The van der Waals surface area contributed by atoms with Crippen LogP contribution in [0.1, 0.15) is 31.4 Å². The molecule has 1 saturated heterocycles. The highest BCUT2D eigenvalue weighted by Crippen LogP contribution is 2.20. The van der Waals surface area contributed by atoms with Crippen molar-refractivity contribution < 1.29 is 9.90 Å². The maximum atomic E-state index is 12.4. The zero-order valence-electron chi connectivity index (χ0n) is 13.0. The standard InChI is InChI=1S/C17H26N2O2/c1-14(16-6-4-3-5-7-16)18(2)12-17(21)19-10-8-15(13-20)9-11-19/h3-7,14-15,20H,8-13H2,1-2H3/t14-/m1/s1. The number of nitrogens with zero attached hydrogens (tertiary/aromatic N) is 2. The third kappa shape index (κ3) is 4.29. The number of carbonyl (C=O) groups is 1. The van der Waals surface area contributed by atoms with Gasteiger partial charge >= 0.3 is 0 Å². The molecule has 4 heteroatoms. The number of benzene rings is 1. The van der Waals surface area contributed by atoms with E-state index in [0.29, 0.717) is 12.5 Å². The maximum absolute atomic E-state index is 12.4. The largest absolute Gasteiger partial charge is 0.396 e. The first-order valence-corrected chi connectivity index (χ1v) is 7.75. The molecule has 1 amide bonds. The number of amides is 1. The van der Waals surface area contributed by atoms with E-state index in [0.717, 1.165) is 25.9 Å². The lowest BCUT2D eigenvalue weighted by molar-refractivity contribution is -0.134. The van der Waals surface area contributed by atoms with Crippen LogP contribution >= 0.6 is 0 Å². The van der Waals surface area contributed by atoms with Crippen LogP contribution in [0.5, 0.6) is 0 Å². The highest BCUT2D eigenvalue weighted by atomic mass is 16.3. The molecule has 2 rings (SSSR count). The van der Waals surface area contributed by atoms with Crippen molar-refractivity contribution >= 4 is 5.91 Å². The summed E-state index contributed by atoms with van der Waals surface area (Å²) in [5.74, 6) is 0.562. The van der Waals surface area contributed by atoms with Crippen molar-refractivity contribution in [3.05, 3.63) is 35.9 Å². The summed E-state index contributed by atoms with van der Waals surface area (Å²) >= 11 is 0. The van der Waals surface area contributed by atoms with E-state index in [-0.39, 0.29) is 18.6 Å². The van der Waals surface area contributed by atoms with Gasteiger partial charge in [0.15, 0.2) is 0 Å².